The average molecular weight is 595 g/mol. The molecule has 27 heavy (non-hydrogen) atoms. The first-order valence-electron chi connectivity index (χ1n) is 8.08. The van der Waals surface area contributed by atoms with Crippen LogP contribution in [-0.2, 0) is 0 Å². The predicted octanol–water partition coefficient (Wildman–Crippen LogP) is 4.99. The maximum atomic E-state index is 5.49. The highest BCUT2D eigenvalue weighted by Crippen LogP contribution is 2.37. The largest absolute Gasteiger partial charge is 0.493 e. The molecule has 0 amide bonds. The summed E-state index contributed by atoms with van der Waals surface area (Å²) in [6.07, 6.45) is 2.13. The van der Waals surface area contributed by atoms with Crippen molar-refractivity contribution in [1.82, 2.24) is 4.90 Å². The molecule has 0 bridgehead atoms. The molecule has 2 rings (SSSR count). The van der Waals surface area contributed by atoms with Crippen LogP contribution in [0.15, 0.2) is 24.3 Å². The van der Waals surface area contributed by atoms with Crippen molar-refractivity contribution in [3.63, 3.8) is 0 Å². The molecule has 0 fully saturated rings. The van der Waals surface area contributed by atoms with E-state index in [-0.39, 0.29) is 0 Å². The van der Waals surface area contributed by atoms with Gasteiger partial charge in [-0.3, -0.25) is 0 Å². The lowest BCUT2D eigenvalue weighted by atomic mass is 10.1. The Bertz CT molecular complexity index is 850. The standard InChI is InChI=1S/C20H23I2NO4/c1-23(2)16(13-9-18(25-4)20(27-6)11-15(13)22)7-12-8-17(24-3)19(26-5)10-14(12)21/h7-11H,1-6H3/b16-7+. The molecule has 0 saturated carbocycles. The highest BCUT2D eigenvalue weighted by Gasteiger charge is 2.16. The van der Waals surface area contributed by atoms with E-state index in [0.717, 1.165) is 24.0 Å². The molecular formula is C20H23I2NO4. The van der Waals surface area contributed by atoms with Gasteiger partial charge in [-0.25, -0.2) is 0 Å². The lowest BCUT2D eigenvalue weighted by Gasteiger charge is -2.21. The minimum absolute atomic E-state index is 0.697. The van der Waals surface area contributed by atoms with Gasteiger partial charge in [0.2, 0.25) is 0 Å². The van der Waals surface area contributed by atoms with Gasteiger partial charge in [0.25, 0.3) is 0 Å². The average Bonchev–Trinajstić information content (AvgIpc) is 2.66. The number of halogens is 2. The Labute approximate surface area is 187 Å². The molecule has 5 nitrogen and oxygen atoms in total. The molecule has 0 heterocycles. The molecule has 0 aliphatic carbocycles. The molecule has 0 aliphatic heterocycles. The predicted molar refractivity (Wildman–Crippen MR) is 126 cm³/mol. The Morgan fingerprint density at radius 1 is 0.741 bits per heavy atom. The summed E-state index contributed by atoms with van der Waals surface area (Å²) in [7, 11) is 10.6. The molecule has 0 atom stereocenters. The molecule has 0 saturated heterocycles. The molecule has 0 aromatic heterocycles. The van der Waals surface area contributed by atoms with Crippen LogP contribution < -0.4 is 18.9 Å². The topological polar surface area (TPSA) is 40.2 Å². The molecule has 0 N–H and O–H groups in total. The van der Waals surface area contributed by atoms with E-state index in [1.165, 1.54) is 0 Å². The second-order valence-electron chi connectivity index (χ2n) is 5.84. The fraction of sp³-hybridized carbons (Fsp3) is 0.300. The Balaban J connectivity index is 2.66. The Kier molecular flexibility index (Phi) is 7.90. The number of methoxy groups -OCH3 is 4. The number of nitrogens with zero attached hydrogens (tertiary/aromatic N) is 1. The van der Waals surface area contributed by atoms with Gasteiger partial charge in [0.1, 0.15) is 0 Å². The zero-order valence-electron chi connectivity index (χ0n) is 16.2. The lowest BCUT2D eigenvalue weighted by molar-refractivity contribution is 0.354. The van der Waals surface area contributed by atoms with Crippen LogP contribution in [-0.4, -0.2) is 47.4 Å². The fourth-order valence-corrected chi connectivity index (χ4v) is 3.94. The highest BCUT2D eigenvalue weighted by atomic mass is 127. The molecular weight excluding hydrogens is 572 g/mol. The van der Waals surface area contributed by atoms with Crippen molar-refractivity contribution in [2.45, 2.75) is 0 Å². The first-order chi connectivity index (χ1) is 12.9. The second-order valence-corrected chi connectivity index (χ2v) is 8.16. The Hall–Kier alpha value is -1.36. The summed E-state index contributed by atoms with van der Waals surface area (Å²) in [5.74, 6) is 2.82. The van der Waals surface area contributed by atoms with Gasteiger partial charge in [0.15, 0.2) is 23.0 Å². The molecule has 0 unspecified atom stereocenters. The van der Waals surface area contributed by atoms with Crippen molar-refractivity contribution in [2.75, 3.05) is 42.5 Å². The number of hydrogen-bond donors (Lipinski definition) is 0. The van der Waals surface area contributed by atoms with Crippen LogP contribution in [0.25, 0.3) is 11.8 Å². The lowest BCUT2D eigenvalue weighted by Crippen LogP contribution is -2.11. The van der Waals surface area contributed by atoms with E-state index < -0.39 is 0 Å². The summed E-state index contributed by atoms with van der Waals surface area (Å²) in [6.45, 7) is 0. The number of benzene rings is 2. The van der Waals surface area contributed by atoms with Crippen molar-refractivity contribution in [3.05, 3.63) is 42.5 Å². The third kappa shape index (κ3) is 4.92. The van der Waals surface area contributed by atoms with Crippen molar-refractivity contribution in [2.24, 2.45) is 0 Å². The third-order valence-electron chi connectivity index (χ3n) is 4.03. The van der Waals surface area contributed by atoms with E-state index >= 15 is 0 Å². The normalized spacial score (nSPS) is 11.2. The quantitative estimate of drug-likeness (QED) is 0.334. The minimum atomic E-state index is 0.697. The summed E-state index contributed by atoms with van der Waals surface area (Å²) in [6, 6.07) is 7.93. The number of ether oxygens (including phenoxy) is 4. The van der Waals surface area contributed by atoms with Crippen molar-refractivity contribution in [3.8, 4) is 23.0 Å². The second kappa shape index (κ2) is 9.72. The van der Waals surface area contributed by atoms with Crippen LogP contribution >= 0.6 is 45.2 Å². The van der Waals surface area contributed by atoms with E-state index in [9.17, 15) is 0 Å². The fourth-order valence-electron chi connectivity index (χ4n) is 2.63. The van der Waals surface area contributed by atoms with Gasteiger partial charge >= 0.3 is 0 Å². The van der Waals surface area contributed by atoms with Gasteiger partial charge in [-0.1, -0.05) is 0 Å². The van der Waals surface area contributed by atoms with Crippen LogP contribution in [0, 0.1) is 7.14 Å². The minimum Gasteiger partial charge on any atom is -0.493 e. The molecule has 0 spiro atoms. The van der Waals surface area contributed by atoms with Gasteiger partial charge in [-0.2, -0.15) is 0 Å². The van der Waals surface area contributed by atoms with Crippen LogP contribution in [0.4, 0.5) is 0 Å². The third-order valence-corrected chi connectivity index (χ3v) is 5.85. The van der Waals surface area contributed by atoms with Crippen molar-refractivity contribution in [1.29, 1.82) is 0 Å². The maximum absolute atomic E-state index is 5.49. The smallest absolute Gasteiger partial charge is 0.161 e. The van der Waals surface area contributed by atoms with Crippen LogP contribution in [0.3, 0.4) is 0 Å². The first kappa shape index (κ1) is 21.9. The summed E-state index contributed by atoms with van der Waals surface area (Å²) >= 11 is 4.63. The Morgan fingerprint density at radius 3 is 1.67 bits per heavy atom. The number of hydrogen-bond acceptors (Lipinski definition) is 5. The maximum Gasteiger partial charge on any atom is 0.161 e. The van der Waals surface area contributed by atoms with Gasteiger partial charge in [-0.05, 0) is 81.1 Å². The summed E-state index contributed by atoms with van der Waals surface area (Å²) in [4.78, 5) is 2.08. The Morgan fingerprint density at radius 2 is 1.19 bits per heavy atom. The van der Waals surface area contributed by atoms with Crippen LogP contribution in [0.5, 0.6) is 23.0 Å². The highest BCUT2D eigenvalue weighted by molar-refractivity contribution is 14.1. The van der Waals surface area contributed by atoms with E-state index in [2.05, 4.69) is 56.2 Å². The number of rotatable bonds is 7. The van der Waals surface area contributed by atoms with E-state index in [1.807, 2.05) is 38.4 Å². The van der Waals surface area contributed by atoms with E-state index in [1.54, 1.807) is 28.4 Å². The van der Waals surface area contributed by atoms with Gasteiger partial charge in [0.05, 0.1) is 28.4 Å². The summed E-state index contributed by atoms with van der Waals surface area (Å²) in [5.41, 5.74) is 3.15. The zero-order valence-corrected chi connectivity index (χ0v) is 20.5. The zero-order chi connectivity index (χ0) is 20.1. The van der Waals surface area contributed by atoms with Crippen LogP contribution in [0.1, 0.15) is 11.1 Å². The van der Waals surface area contributed by atoms with Gasteiger partial charge < -0.3 is 23.8 Å². The molecule has 0 radical (unpaired) electrons. The molecule has 2 aromatic rings. The van der Waals surface area contributed by atoms with E-state index in [0.29, 0.717) is 23.0 Å². The molecule has 7 heteroatoms. The SMILES string of the molecule is COc1cc(I)c(/C=C(\c2cc(OC)c(OC)cc2I)N(C)C)cc1OC. The van der Waals surface area contributed by atoms with Gasteiger partial charge in [0, 0.05) is 32.5 Å². The van der Waals surface area contributed by atoms with Crippen molar-refractivity contribution < 1.29 is 18.9 Å². The van der Waals surface area contributed by atoms with Gasteiger partial charge in [-0.15, -0.1) is 0 Å². The molecule has 2 aromatic carbocycles. The molecule has 146 valence electrons. The molecule has 0 aliphatic rings. The summed E-state index contributed by atoms with van der Waals surface area (Å²) < 4.78 is 23.9. The first-order valence-corrected chi connectivity index (χ1v) is 10.2. The van der Waals surface area contributed by atoms with E-state index in [4.69, 9.17) is 18.9 Å². The summed E-state index contributed by atoms with van der Waals surface area (Å²) in [5, 5.41) is 0. The monoisotopic (exact) mass is 595 g/mol. The van der Waals surface area contributed by atoms with Crippen molar-refractivity contribution >= 4 is 57.0 Å². The van der Waals surface area contributed by atoms with Crippen LogP contribution in [0.2, 0.25) is 0 Å².